The second-order valence-corrected chi connectivity index (χ2v) is 13.2. The Morgan fingerprint density at radius 1 is 0.750 bits per heavy atom. The number of rotatable bonds is 8. The number of carbonyl (C=O) groups is 1. The smallest absolute Gasteiger partial charge is 0.324 e. The summed E-state index contributed by atoms with van der Waals surface area (Å²) < 4.78 is 56.8. The van der Waals surface area contributed by atoms with E-state index in [0.29, 0.717) is 8.78 Å². The number of hydrogen-bond acceptors (Lipinski definition) is 9. The Morgan fingerprint density at radius 3 is 1.55 bits per heavy atom. The van der Waals surface area contributed by atoms with E-state index >= 15 is 0 Å². The van der Waals surface area contributed by atoms with Crippen LogP contribution in [0.2, 0.25) is 0 Å². The molecule has 1 aliphatic rings. The number of sulfonamides is 2. The van der Waals surface area contributed by atoms with Gasteiger partial charge < -0.3 is 5.11 Å². The van der Waals surface area contributed by atoms with Gasteiger partial charge in [-0.1, -0.05) is 28.1 Å². The highest BCUT2D eigenvalue weighted by Crippen LogP contribution is 2.39. The molecular formula is C23H19BrN4O10S2. The summed E-state index contributed by atoms with van der Waals surface area (Å²) >= 11 is 3.26. The molecule has 0 amide bonds. The summed E-state index contributed by atoms with van der Waals surface area (Å²) in [6.45, 7) is -1.02. The van der Waals surface area contributed by atoms with Gasteiger partial charge in [0.1, 0.15) is 6.04 Å². The minimum Gasteiger partial charge on any atom is -0.480 e. The summed E-state index contributed by atoms with van der Waals surface area (Å²) in [4.78, 5) is 32.5. The van der Waals surface area contributed by atoms with Crippen LogP contribution < -0.4 is 0 Å². The topological polar surface area (TPSA) is 198 Å². The lowest BCUT2D eigenvalue weighted by molar-refractivity contribution is -0.385. The van der Waals surface area contributed by atoms with Crippen molar-refractivity contribution in [3.63, 3.8) is 0 Å². The highest BCUT2D eigenvalue weighted by molar-refractivity contribution is 9.10. The number of nitrogens with zero attached hydrogens (tertiary/aromatic N) is 4. The third-order valence-electron chi connectivity index (χ3n) is 6.23. The molecule has 0 radical (unpaired) electrons. The minimum absolute atomic E-state index is 0.171. The highest BCUT2D eigenvalue weighted by Gasteiger charge is 2.51. The van der Waals surface area contributed by atoms with Gasteiger partial charge in [-0.05, 0) is 42.0 Å². The number of nitro benzene ring substituents is 2. The van der Waals surface area contributed by atoms with Crippen molar-refractivity contribution >= 4 is 53.3 Å². The summed E-state index contributed by atoms with van der Waals surface area (Å²) in [5, 5.41) is 32.3. The number of carboxylic acid groups (broad SMARTS) is 1. The molecule has 1 heterocycles. The SMILES string of the molecule is O=C(O)[C@H]1[C@H](c2ccc(Br)cc2)N(S(=O)(=O)c2ccc([N+](=O)[O-])cc2)CCN1S(=O)(=O)c1ccc([N+](=O)[O-])cc1. The zero-order valence-corrected chi connectivity index (χ0v) is 23.3. The van der Waals surface area contributed by atoms with Gasteiger partial charge in [-0.3, -0.25) is 25.0 Å². The fourth-order valence-corrected chi connectivity index (χ4v) is 7.80. The first kappa shape index (κ1) is 29.2. The van der Waals surface area contributed by atoms with Gasteiger partial charge >= 0.3 is 5.97 Å². The van der Waals surface area contributed by atoms with Gasteiger partial charge in [-0.25, -0.2) is 16.8 Å². The van der Waals surface area contributed by atoms with Gasteiger partial charge in [0.05, 0.1) is 25.7 Å². The van der Waals surface area contributed by atoms with E-state index < -0.39 is 65.9 Å². The van der Waals surface area contributed by atoms with Crippen LogP contribution in [0.15, 0.2) is 87.1 Å². The highest BCUT2D eigenvalue weighted by atomic mass is 79.9. The molecule has 1 saturated heterocycles. The van der Waals surface area contributed by atoms with E-state index in [-0.39, 0.29) is 21.8 Å². The van der Waals surface area contributed by atoms with Crippen molar-refractivity contribution in [2.45, 2.75) is 21.9 Å². The lowest BCUT2D eigenvalue weighted by Gasteiger charge is -2.44. The van der Waals surface area contributed by atoms with E-state index in [4.69, 9.17) is 0 Å². The van der Waals surface area contributed by atoms with Crippen molar-refractivity contribution in [1.82, 2.24) is 8.61 Å². The fourth-order valence-electron chi connectivity index (χ4n) is 4.35. The molecular weight excluding hydrogens is 636 g/mol. The molecule has 0 unspecified atom stereocenters. The molecule has 40 heavy (non-hydrogen) atoms. The summed E-state index contributed by atoms with van der Waals surface area (Å²) in [5.74, 6) is -1.64. The van der Waals surface area contributed by atoms with E-state index in [1.165, 1.54) is 24.3 Å². The van der Waals surface area contributed by atoms with Crippen LogP contribution in [0.4, 0.5) is 11.4 Å². The molecule has 14 nitrogen and oxygen atoms in total. The van der Waals surface area contributed by atoms with Gasteiger partial charge in [0, 0.05) is 41.8 Å². The maximum atomic E-state index is 13.7. The lowest BCUT2D eigenvalue weighted by Crippen LogP contribution is -2.60. The maximum Gasteiger partial charge on any atom is 0.324 e. The summed E-state index contributed by atoms with van der Waals surface area (Å²) in [7, 11) is -9.06. The molecule has 0 aliphatic carbocycles. The predicted octanol–water partition coefficient (Wildman–Crippen LogP) is 3.16. The summed E-state index contributed by atoms with van der Waals surface area (Å²) in [6.07, 6.45) is 0. The van der Waals surface area contributed by atoms with Crippen LogP contribution in [-0.2, 0) is 24.8 Å². The molecule has 3 aromatic carbocycles. The Balaban J connectivity index is 1.84. The van der Waals surface area contributed by atoms with E-state index in [0.717, 1.165) is 52.8 Å². The predicted molar refractivity (Wildman–Crippen MR) is 142 cm³/mol. The summed E-state index contributed by atoms with van der Waals surface area (Å²) in [5.41, 5.74) is -0.559. The second kappa shape index (κ2) is 11.0. The first-order chi connectivity index (χ1) is 18.7. The fraction of sp³-hybridized carbons (Fsp3) is 0.174. The molecule has 4 rings (SSSR count). The molecule has 1 N–H and O–H groups in total. The molecule has 0 spiro atoms. The number of hydrogen-bond donors (Lipinski definition) is 1. The Morgan fingerprint density at radius 2 is 1.15 bits per heavy atom. The number of nitro groups is 2. The van der Waals surface area contributed by atoms with Crippen molar-refractivity contribution in [1.29, 1.82) is 0 Å². The van der Waals surface area contributed by atoms with Crippen LogP contribution in [0.1, 0.15) is 11.6 Å². The molecule has 0 aromatic heterocycles. The van der Waals surface area contributed by atoms with Crippen molar-refractivity contribution in [3.8, 4) is 0 Å². The van der Waals surface area contributed by atoms with Crippen molar-refractivity contribution in [2.24, 2.45) is 0 Å². The quantitative estimate of drug-likeness (QED) is 0.278. The first-order valence-electron chi connectivity index (χ1n) is 11.3. The van der Waals surface area contributed by atoms with Gasteiger partial charge in [0.2, 0.25) is 20.0 Å². The molecule has 1 fully saturated rings. The Kier molecular flexibility index (Phi) is 8.04. The molecule has 210 valence electrons. The minimum atomic E-state index is -4.57. The number of non-ortho nitro benzene ring substituents is 2. The molecule has 0 bridgehead atoms. The van der Waals surface area contributed by atoms with E-state index in [1.54, 1.807) is 0 Å². The second-order valence-electron chi connectivity index (χ2n) is 8.51. The van der Waals surface area contributed by atoms with E-state index in [9.17, 15) is 47.0 Å². The van der Waals surface area contributed by atoms with Gasteiger partial charge in [0.25, 0.3) is 11.4 Å². The van der Waals surface area contributed by atoms with Crippen LogP contribution in [0, 0.1) is 20.2 Å². The summed E-state index contributed by atoms with van der Waals surface area (Å²) in [6, 6.07) is 10.4. The molecule has 1 aliphatic heterocycles. The number of halogens is 1. The van der Waals surface area contributed by atoms with Crippen LogP contribution in [0.3, 0.4) is 0 Å². The normalized spacial score (nSPS) is 18.7. The average Bonchev–Trinajstić information content (AvgIpc) is 2.92. The monoisotopic (exact) mass is 654 g/mol. The number of piperazine rings is 1. The molecule has 0 saturated carbocycles. The third kappa shape index (κ3) is 5.46. The zero-order valence-electron chi connectivity index (χ0n) is 20.1. The molecule has 17 heteroatoms. The molecule has 2 atom stereocenters. The number of aliphatic carboxylic acids is 1. The van der Waals surface area contributed by atoms with Crippen molar-refractivity contribution < 1.29 is 36.6 Å². The third-order valence-corrected chi connectivity index (χ3v) is 10.6. The van der Waals surface area contributed by atoms with Crippen molar-refractivity contribution in [2.75, 3.05) is 13.1 Å². The molecule has 3 aromatic rings. The number of carboxylic acids is 1. The average molecular weight is 655 g/mol. The van der Waals surface area contributed by atoms with E-state index in [2.05, 4.69) is 15.9 Å². The largest absolute Gasteiger partial charge is 0.480 e. The Hall–Kier alpha value is -3.77. The number of benzene rings is 3. The Labute approximate surface area is 236 Å². The van der Waals surface area contributed by atoms with Gasteiger partial charge in [0.15, 0.2) is 0 Å². The van der Waals surface area contributed by atoms with Crippen LogP contribution >= 0.6 is 15.9 Å². The first-order valence-corrected chi connectivity index (χ1v) is 14.9. The Bertz CT molecular complexity index is 1680. The maximum absolute atomic E-state index is 13.7. The van der Waals surface area contributed by atoms with Gasteiger partial charge in [-0.15, -0.1) is 0 Å². The standard InChI is InChI=1S/C23H19BrN4O10S2/c24-16-3-1-15(2-4-16)21-22(23(29)30)26(40(37,38)20-11-7-18(8-12-20)28(33)34)14-13-25(21)39(35,36)19-9-5-17(6-10-19)27(31)32/h1-12,21-22H,13-14H2,(H,29,30)/t21-,22+/m0/s1. The van der Waals surface area contributed by atoms with Crippen LogP contribution in [0.25, 0.3) is 0 Å². The lowest BCUT2D eigenvalue weighted by atomic mass is 9.97. The van der Waals surface area contributed by atoms with Gasteiger partial charge in [-0.2, -0.15) is 8.61 Å². The zero-order chi connectivity index (χ0) is 29.4. The van der Waals surface area contributed by atoms with Crippen LogP contribution in [0.5, 0.6) is 0 Å². The van der Waals surface area contributed by atoms with Crippen LogP contribution in [-0.4, -0.2) is 65.5 Å². The van der Waals surface area contributed by atoms with E-state index in [1.807, 2.05) is 0 Å². The van der Waals surface area contributed by atoms with Crippen molar-refractivity contribution in [3.05, 3.63) is 103 Å².